The van der Waals surface area contributed by atoms with Gasteiger partial charge in [0.25, 0.3) is 0 Å². The molecule has 11 heteroatoms. The Labute approximate surface area is 241 Å². The summed E-state index contributed by atoms with van der Waals surface area (Å²) < 4.78 is 40.7. The van der Waals surface area contributed by atoms with Crippen molar-refractivity contribution in [3.63, 3.8) is 0 Å². The van der Waals surface area contributed by atoms with Crippen LogP contribution in [0.1, 0.15) is 43.9 Å². The number of rotatable bonds is 6. The molecule has 0 saturated heterocycles. The van der Waals surface area contributed by atoms with Crippen LogP contribution in [-0.2, 0) is 18.0 Å². The molecule has 1 aliphatic rings. The first-order valence-corrected chi connectivity index (χ1v) is 13.6. The fraction of sp³-hybridized carbons (Fsp3) is 0.355. The third-order valence-corrected chi connectivity index (χ3v) is 8.37. The molecule has 2 N–H and O–H groups in total. The van der Waals surface area contributed by atoms with Gasteiger partial charge < -0.3 is 15.5 Å². The van der Waals surface area contributed by atoms with Crippen LogP contribution in [0.3, 0.4) is 0 Å². The fourth-order valence-electron chi connectivity index (χ4n) is 5.61. The molecule has 0 radical (unpaired) electrons. The SMILES string of the molecule is CN(C)C(=O)CC1CC(c2cc(-c3ccc(NC(=O)Nc4cccc(C(F)(F)F)c4)cc3)c3cnn(C)c3n2)C1(C)C. The summed E-state index contributed by atoms with van der Waals surface area (Å²) in [5.41, 5.74) is 3.12. The summed E-state index contributed by atoms with van der Waals surface area (Å²) in [6, 6.07) is 13.1. The van der Waals surface area contributed by atoms with E-state index in [0.717, 1.165) is 46.4 Å². The third-order valence-electron chi connectivity index (χ3n) is 8.37. The van der Waals surface area contributed by atoms with E-state index in [2.05, 4.69) is 35.6 Å². The number of hydrogen-bond acceptors (Lipinski definition) is 4. The Hall–Kier alpha value is -4.41. The van der Waals surface area contributed by atoms with E-state index >= 15 is 0 Å². The minimum absolute atomic E-state index is 0.0365. The molecular formula is C31H33F3N6O2. The molecule has 2 unspecified atom stereocenters. The van der Waals surface area contributed by atoms with Crippen molar-refractivity contribution in [3.05, 3.63) is 72.1 Å². The molecule has 2 aromatic carbocycles. The Balaban J connectivity index is 1.35. The molecule has 2 heterocycles. The van der Waals surface area contributed by atoms with Crippen LogP contribution in [0.5, 0.6) is 0 Å². The summed E-state index contributed by atoms with van der Waals surface area (Å²) in [5, 5.41) is 10.4. The molecule has 4 aromatic rings. The molecule has 0 spiro atoms. The lowest BCUT2D eigenvalue weighted by atomic mass is 9.52. The van der Waals surface area contributed by atoms with Gasteiger partial charge in [0.2, 0.25) is 5.91 Å². The lowest BCUT2D eigenvalue weighted by Gasteiger charge is -2.52. The van der Waals surface area contributed by atoms with Crippen LogP contribution in [0.4, 0.5) is 29.3 Å². The number of carbonyl (C=O) groups is 2. The summed E-state index contributed by atoms with van der Waals surface area (Å²) >= 11 is 0. The van der Waals surface area contributed by atoms with Crippen LogP contribution >= 0.6 is 0 Å². The summed E-state index contributed by atoms with van der Waals surface area (Å²) in [4.78, 5) is 31.5. The predicted octanol–water partition coefficient (Wildman–Crippen LogP) is 6.91. The second kappa shape index (κ2) is 10.8. The minimum Gasteiger partial charge on any atom is -0.349 e. The molecule has 1 fully saturated rings. The number of anilines is 2. The number of urea groups is 1. The van der Waals surface area contributed by atoms with Crippen LogP contribution < -0.4 is 10.6 Å². The number of nitrogens with one attached hydrogen (secondary N) is 2. The molecule has 3 amide bonds. The van der Waals surface area contributed by atoms with Crippen LogP contribution in [0, 0.1) is 11.3 Å². The monoisotopic (exact) mass is 578 g/mol. The van der Waals surface area contributed by atoms with Gasteiger partial charge in [-0.2, -0.15) is 18.3 Å². The first-order valence-electron chi connectivity index (χ1n) is 13.6. The molecule has 0 bridgehead atoms. The second-order valence-electron chi connectivity index (χ2n) is 11.6. The average Bonchev–Trinajstić information content (AvgIpc) is 3.30. The molecule has 8 nitrogen and oxygen atoms in total. The smallest absolute Gasteiger partial charge is 0.349 e. The molecule has 2 aromatic heterocycles. The van der Waals surface area contributed by atoms with Crippen molar-refractivity contribution >= 4 is 34.3 Å². The van der Waals surface area contributed by atoms with Gasteiger partial charge in [0, 0.05) is 55.9 Å². The van der Waals surface area contributed by atoms with Crippen LogP contribution in [0.15, 0.2) is 60.8 Å². The first kappa shape index (κ1) is 29.1. The zero-order valence-electron chi connectivity index (χ0n) is 24.1. The van der Waals surface area contributed by atoms with E-state index in [1.165, 1.54) is 12.1 Å². The number of fused-ring (bicyclic) bond motifs is 1. The summed E-state index contributed by atoms with van der Waals surface area (Å²) in [5.74, 6) is 0.563. The zero-order valence-corrected chi connectivity index (χ0v) is 24.1. The van der Waals surface area contributed by atoms with Gasteiger partial charge in [0.1, 0.15) is 0 Å². The number of aryl methyl sites for hydroxylation is 1. The highest BCUT2D eigenvalue weighted by Gasteiger charge is 2.50. The molecule has 1 aliphatic carbocycles. The van der Waals surface area contributed by atoms with E-state index in [9.17, 15) is 22.8 Å². The number of alkyl halides is 3. The Kier molecular flexibility index (Phi) is 7.46. The van der Waals surface area contributed by atoms with Gasteiger partial charge in [-0.1, -0.05) is 32.0 Å². The standard InChI is InChI=1S/C31H33F3N6O2/c1-30(2)20(15-27(41)39(3)4)14-25(30)26-16-23(24-17-35-40(5)28(24)38-26)18-9-11-21(12-10-18)36-29(42)37-22-8-6-7-19(13-22)31(32,33)34/h6-13,16-17,20,25H,14-15H2,1-5H3,(H2,36,37,42). The summed E-state index contributed by atoms with van der Waals surface area (Å²) in [6.45, 7) is 4.38. The maximum absolute atomic E-state index is 13.0. The van der Waals surface area contributed by atoms with Gasteiger partial charge in [0.05, 0.1) is 11.8 Å². The van der Waals surface area contributed by atoms with E-state index in [4.69, 9.17) is 4.98 Å². The third kappa shape index (κ3) is 5.68. The van der Waals surface area contributed by atoms with Crippen molar-refractivity contribution in [1.82, 2.24) is 19.7 Å². The van der Waals surface area contributed by atoms with Crippen molar-refractivity contribution in [2.24, 2.45) is 18.4 Å². The lowest BCUT2D eigenvalue weighted by molar-refractivity contribution is -0.137. The molecule has 42 heavy (non-hydrogen) atoms. The van der Waals surface area contributed by atoms with Gasteiger partial charge in [-0.05, 0) is 65.3 Å². The average molecular weight is 579 g/mol. The topological polar surface area (TPSA) is 92.2 Å². The maximum Gasteiger partial charge on any atom is 0.416 e. The number of aromatic nitrogens is 3. The first-order chi connectivity index (χ1) is 19.7. The number of benzene rings is 2. The predicted molar refractivity (Wildman–Crippen MR) is 156 cm³/mol. The number of carbonyl (C=O) groups excluding carboxylic acids is 2. The molecule has 220 valence electrons. The Morgan fingerprint density at radius 2 is 1.74 bits per heavy atom. The van der Waals surface area contributed by atoms with Crippen molar-refractivity contribution in [2.75, 3.05) is 24.7 Å². The Morgan fingerprint density at radius 3 is 2.38 bits per heavy atom. The minimum atomic E-state index is -4.50. The molecule has 5 rings (SSSR count). The lowest BCUT2D eigenvalue weighted by Crippen LogP contribution is -2.45. The van der Waals surface area contributed by atoms with Gasteiger partial charge in [-0.3, -0.25) is 9.48 Å². The normalized spacial score (nSPS) is 17.9. The number of hydrogen-bond donors (Lipinski definition) is 2. The van der Waals surface area contributed by atoms with E-state index in [0.29, 0.717) is 12.1 Å². The fourth-order valence-corrected chi connectivity index (χ4v) is 5.61. The zero-order chi connectivity index (χ0) is 30.4. The van der Waals surface area contributed by atoms with Gasteiger partial charge in [-0.15, -0.1) is 0 Å². The van der Waals surface area contributed by atoms with Crippen molar-refractivity contribution in [3.8, 4) is 11.1 Å². The van der Waals surface area contributed by atoms with Gasteiger partial charge >= 0.3 is 12.2 Å². The van der Waals surface area contributed by atoms with Gasteiger partial charge in [0.15, 0.2) is 5.65 Å². The van der Waals surface area contributed by atoms with E-state index in [1.807, 2.05) is 19.2 Å². The number of pyridine rings is 1. The molecule has 0 aliphatic heterocycles. The quantitative estimate of drug-likeness (QED) is 0.260. The largest absolute Gasteiger partial charge is 0.416 e. The van der Waals surface area contributed by atoms with Crippen molar-refractivity contribution in [1.29, 1.82) is 0 Å². The number of amides is 3. The maximum atomic E-state index is 13.0. The van der Waals surface area contributed by atoms with E-state index in [1.54, 1.807) is 42.0 Å². The van der Waals surface area contributed by atoms with E-state index < -0.39 is 17.8 Å². The summed E-state index contributed by atoms with van der Waals surface area (Å²) in [7, 11) is 5.40. The van der Waals surface area contributed by atoms with Gasteiger partial charge in [-0.25, -0.2) is 9.78 Å². The molecular weight excluding hydrogens is 545 g/mol. The highest BCUT2D eigenvalue weighted by atomic mass is 19.4. The van der Waals surface area contributed by atoms with Crippen molar-refractivity contribution in [2.45, 2.75) is 38.8 Å². The highest BCUT2D eigenvalue weighted by Crippen LogP contribution is 2.58. The number of nitrogens with zero attached hydrogens (tertiary/aromatic N) is 4. The highest BCUT2D eigenvalue weighted by molar-refractivity contribution is 6.00. The van der Waals surface area contributed by atoms with Crippen molar-refractivity contribution < 1.29 is 22.8 Å². The van der Waals surface area contributed by atoms with Crippen LogP contribution in [-0.4, -0.2) is 45.7 Å². The molecule has 1 saturated carbocycles. The van der Waals surface area contributed by atoms with E-state index in [-0.39, 0.29) is 28.8 Å². The second-order valence-corrected chi connectivity index (χ2v) is 11.6. The Bertz CT molecular complexity index is 1640. The van der Waals surface area contributed by atoms with Crippen LogP contribution in [0.2, 0.25) is 0 Å². The molecule has 2 atom stereocenters. The summed E-state index contributed by atoms with van der Waals surface area (Å²) in [6.07, 6.45) is -1.35. The number of halogens is 3. The Morgan fingerprint density at radius 1 is 1.05 bits per heavy atom. The van der Waals surface area contributed by atoms with Crippen LogP contribution in [0.25, 0.3) is 22.2 Å².